The van der Waals surface area contributed by atoms with Crippen molar-refractivity contribution in [3.05, 3.63) is 0 Å². The van der Waals surface area contributed by atoms with Crippen molar-refractivity contribution in [3.63, 3.8) is 0 Å². The molecule has 0 N–H and O–H groups in total. The van der Waals surface area contributed by atoms with Gasteiger partial charge >= 0.3 is 0 Å². The Bertz CT molecular complexity index is 373. The van der Waals surface area contributed by atoms with Gasteiger partial charge in [-0.15, -0.1) is 0 Å². The summed E-state index contributed by atoms with van der Waals surface area (Å²) in [7, 11) is 0. The van der Waals surface area contributed by atoms with Crippen molar-refractivity contribution in [2.45, 2.75) is 77.9 Å². The first-order valence-electron chi connectivity index (χ1n) is 7.77. The highest BCUT2D eigenvalue weighted by molar-refractivity contribution is 5.81. The van der Waals surface area contributed by atoms with Crippen LogP contribution in [0.3, 0.4) is 0 Å². The van der Waals surface area contributed by atoms with Gasteiger partial charge in [-0.25, -0.2) is 4.99 Å². The molecule has 4 atom stereocenters. The smallest absolute Gasteiger partial charge is 0.187 e. The Balaban J connectivity index is 1.82. The number of hydrogen-bond acceptors (Lipinski definition) is 2. The zero-order chi connectivity index (χ0) is 13.0. The summed E-state index contributed by atoms with van der Waals surface area (Å²) in [6.07, 6.45) is 8.01. The lowest BCUT2D eigenvalue weighted by molar-refractivity contribution is 0.112. The van der Waals surface area contributed by atoms with Crippen LogP contribution in [0.2, 0.25) is 0 Å². The lowest BCUT2D eigenvalue weighted by Gasteiger charge is -2.33. The normalized spacial score (nSPS) is 41.4. The molecule has 0 amide bonds. The maximum absolute atomic E-state index is 6.25. The topological polar surface area (TPSA) is 21.6 Å². The summed E-state index contributed by atoms with van der Waals surface area (Å²) in [4.78, 5) is 5.14. The van der Waals surface area contributed by atoms with Gasteiger partial charge in [-0.05, 0) is 37.0 Å². The van der Waals surface area contributed by atoms with Crippen LogP contribution in [-0.2, 0) is 4.74 Å². The van der Waals surface area contributed by atoms with E-state index in [0.29, 0.717) is 17.4 Å². The van der Waals surface area contributed by atoms with Crippen LogP contribution in [0.1, 0.15) is 66.2 Å². The summed E-state index contributed by atoms with van der Waals surface area (Å²) >= 11 is 0. The Labute approximate surface area is 111 Å². The quantitative estimate of drug-likeness (QED) is 0.732. The van der Waals surface area contributed by atoms with Gasteiger partial charge in [0.05, 0.1) is 0 Å². The highest BCUT2D eigenvalue weighted by Gasteiger charge is 2.68. The molecule has 2 nitrogen and oxygen atoms in total. The summed E-state index contributed by atoms with van der Waals surface area (Å²) in [6, 6.07) is 0. The molecule has 1 heterocycles. The van der Waals surface area contributed by atoms with E-state index >= 15 is 0 Å². The van der Waals surface area contributed by atoms with Crippen molar-refractivity contribution >= 4 is 5.90 Å². The van der Waals surface area contributed by atoms with E-state index in [0.717, 1.165) is 11.8 Å². The average Bonchev–Trinajstić information content (AvgIpc) is 2.91. The maximum Gasteiger partial charge on any atom is 0.187 e. The molecule has 3 rings (SSSR count). The fraction of sp³-hybridized carbons (Fsp3) is 0.938. The second-order valence-electron chi connectivity index (χ2n) is 7.22. The molecule has 2 aliphatic carbocycles. The summed E-state index contributed by atoms with van der Waals surface area (Å²) in [5, 5.41) is 0. The van der Waals surface area contributed by atoms with E-state index in [4.69, 9.17) is 9.73 Å². The summed E-state index contributed by atoms with van der Waals surface area (Å²) < 4.78 is 6.25. The van der Waals surface area contributed by atoms with Gasteiger partial charge in [-0.3, -0.25) is 0 Å². The predicted molar refractivity (Wildman–Crippen MR) is 74.9 cm³/mol. The number of rotatable bonds is 4. The van der Waals surface area contributed by atoms with Crippen LogP contribution >= 0.6 is 0 Å². The van der Waals surface area contributed by atoms with Gasteiger partial charge < -0.3 is 4.74 Å². The Morgan fingerprint density at radius 3 is 2.83 bits per heavy atom. The van der Waals surface area contributed by atoms with E-state index in [9.17, 15) is 0 Å². The third-order valence-corrected chi connectivity index (χ3v) is 6.03. The fourth-order valence-electron chi connectivity index (χ4n) is 4.52. The Kier molecular flexibility index (Phi) is 2.76. The minimum absolute atomic E-state index is 0.132. The first kappa shape index (κ1) is 12.5. The van der Waals surface area contributed by atoms with Crippen LogP contribution in [-0.4, -0.2) is 17.5 Å². The number of fused-ring (bicyclic) bond motifs is 1. The average molecular weight is 249 g/mol. The van der Waals surface area contributed by atoms with E-state index in [1.165, 1.54) is 38.5 Å². The SMILES string of the molecule is CCCCC(C)C1=N[C@]23CC[C@H](C[C@H]2O1)C3(C)C. The molecule has 2 fully saturated rings. The lowest BCUT2D eigenvalue weighted by atomic mass is 9.76. The monoisotopic (exact) mass is 249 g/mol. The molecule has 0 aromatic carbocycles. The van der Waals surface area contributed by atoms with Crippen molar-refractivity contribution in [1.82, 2.24) is 0 Å². The summed E-state index contributed by atoms with van der Waals surface area (Å²) in [5.41, 5.74) is 0.483. The molecule has 2 bridgehead atoms. The van der Waals surface area contributed by atoms with Gasteiger partial charge in [0.25, 0.3) is 0 Å². The van der Waals surface area contributed by atoms with E-state index in [1.807, 2.05) is 0 Å². The second-order valence-corrected chi connectivity index (χ2v) is 7.22. The number of ether oxygens (including phenoxy) is 1. The van der Waals surface area contributed by atoms with Crippen molar-refractivity contribution in [2.24, 2.45) is 22.2 Å². The van der Waals surface area contributed by atoms with Crippen LogP contribution in [0, 0.1) is 17.3 Å². The van der Waals surface area contributed by atoms with E-state index in [2.05, 4.69) is 27.7 Å². The van der Waals surface area contributed by atoms with Crippen molar-refractivity contribution < 1.29 is 4.74 Å². The van der Waals surface area contributed by atoms with Crippen molar-refractivity contribution in [2.75, 3.05) is 0 Å². The van der Waals surface area contributed by atoms with Crippen molar-refractivity contribution in [3.8, 4) is 0 Å². The van der Waals surface area contributed by atoms with Gasteiger partial charge in [0.15, 0.2) is 5.90 Å². The number of unbranched alkanes of at least 4 members (excludes halogenated alkanes) is 1. The van der Waals surface area contributed by atoms with E-state index in [-0.39, 0.29) is 5.54 Å². The predicted octanol–water partition coefficient (Wildman–Crippen LogP) is 4.19. The molecule has 0 aromatic rings. The zero-order valence-electron chi connectivity index (χ0n) is 12.3. The molecule has 102 valence electrons. The minimum Gasteiger partial charge on any atom is -0.475 e. The Hall–Kier alpha value is -0.530. The van der Waals surface area contributed by atoms with Crippen LogP contribution in [0.15, 0.2) is 4.99 Å². The van der Waals surface area contributed by atoms with Crippen LogP contribution in [0.25, 0.3) is 0 Å². The molecule has 1 spiro atoms. The fourth-order valence-corrected chi connectivity index (χ4v) is 4.52. The molecule has 1 unspecified atom stereocenters. The van der Waals surface area contributed by atoms with Gasteiger partial charge in [-0.2, -0.15) is 0 Å². The second kappa shape index (κ2) is 3.98. The highest BCUT2D eigenvalue weighted by Crippen LogP contribution is 2.64. The number of nitrogens with zero attached hydrogens (tertiary/aromatic N) is 1. The van der Waals surface area contributed by atoms with Gasteiger partial charge in [0.1, 0.15) is 11.6 Å². The molecule has 2 saturated carbocycles. The highest BCUT2D eigenvalue weighted by atomic mass is 16.5. The third kappa shape index (κ3) is 1.44. The van der Waals surface area contributed by atoms with Gasteiger partial charge in [-0.1, -0.05) is 40.5 Å². The molecule has 3 aliphatic rings. The molecule has 0 radical (unpaired) electrons. The number of hydrogen-bond donors (Lipinski definition) is 0. The first-order chi connectivity index (χ1) is 8.51. The minimum atomic E-state index is 0.132. The summed E-state index contributed by atoms with van der Waals surface area (Å²) in [6.45, 7) is 9.36. The van der Waals surface area contributed by atoms with E-state index < -0.39 is 0 Å². The lowest BCUT2D eigenvalue weighted by Crippen LogP contribution is -2.41. The molecular weight excluding hydrogens is 222 g/mol. The van der Waals surface area contributed by atoms with Gasteiger partial charge in [0.2, 0.25) is 0 Å². The third-order valence-electron chi connectivity index (χ3n) is 6.03. The Morgan fingerprint density at radius 1 is 1.44 bits per heavy atom. The standard InChI is InChI=1S/C16H27NO/c1-5-6-7-11(2)14-17-16-9-8-12(15(16,3)4)10-13(16)18-14/h11-13H,5-10H2,1-4H3/t11?,12-,13-,16-/m1/s1. The molecular formula is C16H27NO. The van der Waals surface area contributed by atoms with Crippen LogP contribution < -0.4 is 0 Å². The largest absolute Gasteiger partial charge is 0.475 e. The first-order valence-corrected chi connectivity index (χ1v) is 7.77. The Morgan fingerprint density at radius 2 is 2.22 bits per heavy atom. The van der Waals surface area contributed by atoms with Crippen molar-refractivity contribution in [1.29, 1.82) is 0 Å². The molecule has 18 heavy (non-hydrogen) atoms. The van der Waals surface area contributed by atoms with Crippen LogP contribution in [0.4, 0.5) is 0 Å². The summed E-state index contributed by atoms with van der Waals surface area (Å²) in [5.74, 6) is 2.42. The maximum atomic E-state index is 6.25. The molecule has 2 heteroatoms. The molecule has 1 aliphatic heterocycles. The van der Waals surface area contributed by atoms with Gasteiger partial charge in [0, 0.05) is 5.92 Å². The zero-order valence-corrected chi connectivity index (χ0v) is 12.3. The molecule has 0 aromatic heterocycles. The number of aliphatic imine (C=N–C) groups is 1. The molecule has 0 saturated heterocycles. The van der Waals surface area contributed by atoms with Crippen LogP contribution in [0.5, 0.6) is 0 Å². The van der Waals surface area contributed by atoms with E-state index in [1.54, 1.807) is 0 Å².